The van der Waals surface area contributed by atoms with E-state index < -0.39 is 17.8 Å². The third kappa shape index (κ3) is 4.65. The maximum Gasteiger partial charge on any atom is 0.329 e. The Bertz CT molecular complexity index is 1150. The van der Waals surface area contributed by atoms with Crippen molar-refractivity contribution in [2.75, 3.05) is 19.0 Å². The molecule has 0 saturated carbocycles. The average molecular weight is 433 g/mol. The van der Waals surface area contributed by atoms with E-state index in [0.717, 1.165) is 26.7 Å². The fourth-order valence-electron chi connectivity index (χ4n) is 3.09. The van der Waals surface area contributed by atoms with E-state index in [9.17, 15) is 14.4 Å². The van der Waals surface area contributed by atoms with Crippen LogP contribution in [-0.2, 0) is 9.59 Å². The van der Waals surface area contributed by atoms with Gasteiger partial charge in [0.1, 0.15) is 18.0 Å². The van der Waals surface area contributed by atoms with E-state index in [1.807, 2.05) is 41.8 Å². The molecule has 1 fully saturated rings. The number of methoxy groups -OCH3 is 1. The summed E-state index contributed by atoms with van der Waals surface area (Å²) < 4.78 is 5.17. The number of benzene rings is 2. The van der Waals surface area contributed by atoms with Crippen molar-refractivity contribution in [1.82, 2.24) is 10.2 Å². The molecule has 4 rings (SSSR count). The predicted molar refractivity (Wildman–Crippen MR) is 120 cm³/mol. The van der Waals surface area contributed by atoms with Crippen molar-refractivity contribution in [3.63, 3.8) is 0 Å². The third-order valence-electron chi connectivity index (χ3n) is 4.65. The molecule has 1 saturated heterocycles. The molecule has 0 unspecified atom stereocenters. The molecule has 0 radical (unpaired) electrons. The highest BCUT2D eigenvalue weighted by molar-refractivity contribution is 7.11. The van der Waals surface area contributed by atoms with Crippen molar-refractivity contribution < 1.29 is 19.1 Å². The first-order valence-electron chi connectivity index (χ1n) is 9.46. The minimum atomic E-state index is -0.619. The lowest BCUT2D eigenvalue weighted by atomic mass is 10.1. The van der Waals surface area contributed by atoms with Crippen LogP contribution >= 0.6 is 11.3 Å². The number of amides is 4. The summed E-state index contributed by atoms with van der Waals surface area (Å²) in [6.45, 7) is -0.363. The Morgan fingerprint density at radius 2 is 1.84 bits per heavy atom. The summed E-state index contributed by atoms with van der Waals surface area (Å²) in [6.07, 6.45) is 1.62. The number of carbonyl (C=O) groups is 3. The lowest BCUT2D eigenvalue weighted by Crippen LogP contribution is -2.38. The van der Waals surface area contributed by atoms with Gasteiger partial charge in [-0.15, -0.1) is 11.3 Å². The zero-order valence-electron chi connectivity index (χ0n) is 16.6. The number of urea groups is 1. The first-order chi connectivity index (χ1) is 15.0. The molecule has 0 aliphatic carbocycles. The summed E-state index contributed by atoms with van der Waals surface area (Å²) in [7, 11) is 1.62. The minimum absolute atomic E-state index is 0.139. The highest BCUT2D eigenvalue weighted by atomic mass is 32.1. The fourth-order valence-corrected chi connectivity index (χ4v) is 3.93. The van der Waals surface area contributed by atoms with Gasteiger partial charge < -0.3 is 15.4 Å². The Hall–Kier alpha value is -3.91. The van der Waals surface area contributed by atoms with Crippen molar-refractivity contribution in [2.45, 2.75) is 0 Å². The van der Waals surface area contributed by atoms with E-state index >= 15 is 0 Å². The molecular formula is C23H19N3O4S. The van der Waals surface area contributed by atoms with Gasteiger partial charge in [-0.2, -0.15) is 0 Å². The monoisotopic (exact) mass is 433 g/mol. The molecule has 1 aliphatic rings. The van der Waals surface area contributed by atoms with Crippen LogP contribution in [0, 0.1) is 0 Å². The van der Waals surface area contributed by atoms with Gasteiger partial charge in [0.2, 0.25) is 5.91 Å². The molecule has 156 valence electrons. The van der Waals surface area contributed by atoms with E-state index in [0.29, 0.717) is 5.69 Å². The topological polar surface area (TPSA) is 87.7 Å². The molecule has 8 heteroatoms. The molecule has 3 aromatic rings. The fraction of sp³-hybridized carbons (Fsp3) is 0.0870. The molecule has 31 heavy (non-hydrogen) atoms. The summed E-state index contributed by atoms with van der Waals surface area (Å²) in [6, 6.07) is 17.8. The molecule has 0 atom stereocenters. The van der Waals surface area contributed by atoms with Crippen molar-refractivity contribution >= 4 is 40.9 Å². The largest absolute Gasteiger partial charge is 0.497 e. The van der Waals surface area contributed by atoms with E-state index in [1.165, 1.54) is 11.3 Å². The number of hydrogen-bond donors (Lipinski definition) is 2. The number of imide groups is 1. The van der Waals surface area contributed by atoms with Gasteiger partial charge in [-0.05, 0) is 52.9 Å². The Balaban J connectivity index is 1.44. The number of ether oxygens (including phenoxy) is 1. The zero-order chi connectivity index (χ0) is 21.8. The summed E-state index contributed by atoms with van der Waals surface area (Å²) in [5.41, 5.74) is 2.75. The van der Waals surface area contributed by atoms with Gasteiger partial charge in [0, 0.05) is 10.6 Å². The summed E-state index contributed by atoms with van der Waals surface area (Å²) in [5.74, 6) is -0.210. The number of carbonyl (C=O) groups excluding carboxylic acids is 3. The van der Waals surface area contributed by atoms with Crippen molar-refractivity contribution in [1.29, 1.82) is 0 Å². The number of para-hydroxylation sites is 1. The maximum absolute atomic E-state index is 12.6. The Morgan fingerprint density at radius 1 is 1.10 bits per heavy atom. The number of hydrogen-bond acceptors (Lipinski definition) is 5. The van der Waals surface area contributed by atoms with Crippen LogP contribution in [0.1, 0.15) is 4.88 Å². The third-order valence-corrected chi connectivity index (χ3v) is 5.53. The van der Waals surface area contributed by atoms with Gasteiger partial charge in [0.25, 0.3) is 5.91 Å². The summed E-state index contributed by atoms with van der Waals surface area (Å²) in [4.78, 5) is 38.8. The number of thiophene rings is 1. The van der Waals surface area contributed by atoms with Crippen LogP contribution < -0.4 is 15.4 Å². The van der Waals surface area contributed by atoms with Crippen LogP contribution in [0.15, 0.2) is 71.7 Å². The highest BCUT2D eigenvalue weighted by Gasteiger charge is 2.35. The van der Waals surface area contributed by atoms with Crippen molar-refractivity contribution in [2.24, 2.45) is 0 Å². The van der Waals surface area contributed by atoms with Gasteiger partial charge in [-0.3, -0.25) is 9.59 Å². The zero-order valence-corrected chi connectivity index (χ0v) is 17.4. The lowest BCUT2D eigenvalue weighted by Gasteiger charge is -2.11. The van der Waals surface area contributed by atoms with Crippen LogP contribution in [0.25, 0.3) is 17.2 Å². The van der Waals surface area contributed by atoms with Crippen LogP contribution in [0.2, 0.25) is 0 Å². The molecule has 0 bridgehead atoms. The molecule has 2 heterocycles. The Labute approximate surface area is 183 Å². The van der Waals surface area contributed by atoms with Crippen molar-refractivity contribution in [3.8, 4) is 16.9 Å². The SMILES string of the molecule is COc1ccc(-c2csc(/C=C3\NC(=O)N(CC(=O)Nc4ccccc4)C3=O)c2)cc1. The van der Waals surface area contributed by atoms with Crippen LogP contribution in [0.4, 0.5) is 10.5 Å². The molecule has 7 nitrogen and oxygen atoms in total. The average Bonchev–Trinajstić information content (AvgIpc) is 3.35. The second kappa shape index (κ2) is 8.85. The minimum Gasteiger partial charge on any atom is -0.497 e. The van der Waals surface area contributed by atoms with Crippen molar-refractivity contribution in [3.05, 3.63) is 76.6 Å². The summed E-state index contributed by atoms with van der Waals surface area (Å²) >= 11 is 1.45. The second-order valence-corrected chi connectivity index (χ2v) is 7.70. The van der Waals surface area contributed by atoms with Gasteiger partial charge in [-0.25, -0.2) is 9.69 Å². The Morgan fingerprint density at radius 3 is 2.55 bits per heavy atom. The normalized spacial score (nSPS) is 14.6. The van der Waals surface area contributed by atoms with Crippen LogP contribution in [0.5, 0.6) is 5.75 Å². The molecule has 2 aromatic carbocycles. The maximum atomic E-state index is 12.6. The highest BCUT2D eigenvalue weighted by Crippen LogP contribution is 2.29. The van der Waals surface area contributed by atoms with Gasteiger partial charge in [0.05, 0.1) is 7.11 Å². The van der Waals surface area contributed by atoms with E-state index in [1.54, 1.807) is 37.5 Å². The second-order valence-electron chi connectivity index (χ2n) is 6.76. The standard InChI is InChI=1S/C23H19N3O4S/c1-30-18-9-7-15(8-10-18)16-11-19(31-14-16)12-20-22(28)26(23(29)25-20)13-21(27)24-17-5-3-2-4-6-17/h2-12,14H,13H2,1H3,(H,24,27)(H,25,29)/b20-12-. The lowest BCUT2D eigenvalue weighted by molar-refractivity contribution is -0.127. The number of rotatable bonds is 6. The quantitative estimate of drug-likeness (QED) is 0.455. The molecule has 1 aliphatic heterocycles. The first-order valence-corrected chi connectivity index (χ1v) is 10.3. The molecule has 0 spiro atoms. The van der Waals surface area contributed by atoms with Gasteiger partial charge in [0.15, 0.2) is 0 Å². The molecule has 1 aromatic heterocycles. The summed E-state index contributed by atoms with van der Waals surface area (Å²) in [5, 5.41) is 7.18. The van der Waals surface area contributed by atoms with E-state index in [-0.39, 0.29) is 12.2 Å². The van der Waals surface area contributed by atoms with E-state index in [2.05, 4.69) is 10.6 Å². The number of nitrogens with one attached hydrogen (secondary N) is 2. The number of anilines is 1. The Kier molecular flexibility index (Phi) is 5.81. The van der Waals surface area contributed by atoms with Gasteiger partial charge >= 0.3 is 6.03 Å². The first kappa shape index (κ1) is 20.4. The van der Waals surface area contributed by atoms with Gasteiger partial charge in [-0.1, -0.05) is 30.3 Å². The van der Waals surface area contributed by atoms with Crippen LogP contribution in [-0.4, -0.2) is 36.4 Å². The molecular weight excluding hydrogens is 414 g/mol. The predicted octanol–water partition coefficient (Wildman–Crippen LogP) is 3.96. The molecule has 2 N–H and O–H groups in total. The smallest absolute Gasteiger partial charge is 0.329 e. The molecule has 4 amide bonds. The number of nitrogens with zero attached hydrogens (tertiary/aromatic N) is 1. The van der Waals surface area contributed by atoms with E-state index in [4.69, 9.17) is 4.74 Å². The van der Waals surface area contributed by atoms with Crippen LogP contribution in [0.3, 0.4) is 0 Å².